The van der Waals surface area contributed by atoms with Gasteiger partial charge in [0, 0.05) is 35.1 Å². The van der Waals surface area contributed by atoms with Crippen LogP contribution in [0, 0.1) is 0 Å². The van der Waals surface area contributed by atoms with Crippen molar-refractivity contribution in [2.75, 3.05) is 13.1 Å². The molecule has 1 saturated heterocycles. The van der Waals surface area contributed by atoms with E-state index in [1.807, 2.05) is 42.6 Å². The lowest BCUT2D eigenvalue weighted by atomic mass is 10.0. The number of hydrogen-bond donors (Lipinski definition) is 2. The van der Waals surface area contributed by atoms with Gasteiger partial charge in [-0.25, -0.2) is 0 Å². The van der Waals surface area contributed by atoms with Gasteiger partial charge in [0.2, 0.25) is 0 Å². The summed E-state index contributed by atoms with van der Waals surface area (Å²) in [6.07, 6.45) is 6.52. The lowest BCUT2D eigenvalue weighted by molar-refractivity contribution is 0.223. The number of halogens is 1. The Morgan fingerprint density at radius 1 is 1.11 bits per heavy atom. The Balaban J connectivity index is 1.71. The van der Waals surface area contributed by atoms with E-state index >= 15 is 0 Å². The first-order valence-corrected chi connectivity index (χ1v) is 9.72. The van der Waals surface area contributed by atoms with E-state index in [2.05, 4.69) is 26.3 Å². The van der Waals surface area contributed by atoms with Gasteiger partial charge in [0.05, 0.1) is 22.9 Å². The molecule has 5 nitrogen and oxygen atoms in total. The molecule has 0 bridgehead atoms. The number of H-pyrrole nitrogens is 1. The van der Waals surface area contributed by atoms with E-state index in [1.165, 1.54) is 0 Å². The van der Waals surface area contributed by atoms with Crippen molar-refractivity contribution in [3.63, 3.8) is 0 Å². The van der Waals surface area contributed by atoms with Crippen molar-refractivity contribution in [2.24, 2.45) is 0 Å². The molecule has 6 heteroatoms. The van der Waals surface area contributed by atoms with Gasteiger partial charge in [0.25, 0.3) is 0 Å². The van der Waals surface area contributed by atoms with Crippen molar-refractivity contribution in [3.05, 3.63) is 66.1 Å². The van der Waals surface area contributed by atoms with Crippen LogP contribution in [-0.2, 0) is 0 Å². The summed E-state index contributed by atoms with van der Waals surface area (Å²) >= 11 is 6.28. The van der Waals surface area contributed by atoms with Crippen LogP contribution in [0.4, 0.5) is 0 Å². The molecule has 2 N–H and O–H groups in total. The minimum atomic E-state index is 0.153. The van der Waals surface area contributed by atoms with Crippen molar-refractivity contribution in [1.82, 2.24) is 20.3 Å². The Hall–Kier alpha value is -2.89. The van der Waals surface area contributed by atoms with Gasteiger partial charge in [-0.3, -0.25) is 9.97 Å². The third kappa shape index (κ3) is 3.13. The number of hydrogen-bond acceptors (Lipinski definition) is 4. The maximum absolute atomic E-state index is 6.28. The Labute approximate surface area is 167 Å². The molecule has 1 fully saturated rings. The SMILES string of the molecule is Clc1cccc(-c2c(-c3ccncc3O[C@@H]3CCNC3)[nH]c3cccnc23)c1. The second-order valence-electron chi connectivity index (χ2n) is 6.89. The first-order chi connectivity index (χ1) is 13.8. The summed E-state index contributed by atoms with van der Waals surface area (Å²) in [5.41, 5.74) is 5.83. The Morgan fingerprint density at radius 3 is 2.93 bits per heavy atom. The number of nitrogens with zero attached hydrogens (tertiary/aromatic N) is 2. The predicted octanol–water partition coefficient (Wildman–Crippen LogP) is 4.69. The van der Waals surface area contributed by atoms with Crippen LogP contribution in [0.2, 0.25) is 5.02 Å². The average molecular weight is 391 g/mol. The van der Waals surface area contributed by atoms with Crippen molar-refractivity contribution >= 4 is 22.6 Å². The fourth-order valence-electron chi connectivity index (χ4n) is 3.74. The number of nitrogens with one attached hydrogen (secondary N) is 2. The molecule has 1 aliphatic rings. The highest BCUT2D eigenvalue weighted by Gasteiger charge is 2.22. The minimum absolute atomic E-state index is 0.153. The van der Waals surface area contributed by atoms with E-state index in [9.17, 15) is 0 Å². The van der Waals surface area contributed by atoms with Gasteiger partial charge in [0.1, 0.15) is 11.9 Å². The monoisotopic (exact) mass is 390 g/mol. The van der Waals surface area contributed by atoms with Gasteiger partial charge in [-0.1, -0.05) is 23.7 Å². The lowest BCUT2D eigenvalue weighted by Gasteiger charge is -2.16. The maximum Gasteiger partial charge on any atom is 0.147 e. The van der Waals surface area contributed by atoms with Gasteiger partial charge in [-0.2, -0.15) is 0 Å². The third-order valence-corrected chi connectivity index (χ3v) is 5.27. The predicted molar refractivity (Wildman–Crippen MR) is 112 cm³/mol. The van der Waals surface area contributed by atoms with Crippen molar-refractivity contribution in [1.29, 1.82) is 0 Å². The Kier molecular flexibility index (Phi) is 4.47. The highest BCUT2D eigenvalue weighted by molar-refractivity contribution is 6.31. The molecule has 0 spiro atoms. The van der Waals surface area contributed by atoms with Crippen molar-refractivity contribution < 1.29 is 4.74 Å². The quantitative estimate of drug-likeness (QED) is 0.530. The summed E-state index contributed by atoms with van der Waals surface area (Å²) in [6.45, 7) is 1.83. The van der Waals surface area contributed by atoms with Crippen LogP contribution in [-0.4, -0.2) is 34.1 Å². The molecule has 4 heterocycles. The summed E-state index contributed by atoms with van der Waals surface area (Å²) in [5, 5.41) is 4.03. The van der Waals surface area contributed by atoms with Crippen LogP contribution in [0.3, 0.4) is 0 Å². The summed E-state index contributed by atoms with van der Waals surface area (Å²) < 4.78 is 6.28. The van der Waals surface area contributed by atoms with E-state index in [-0.39, 0.29) is 6.10 Å². The zero-order valence-electron chi connectivity index (χ0n) is 15.2. The molecule has 0 amide bonds. The van der Waals surface area contributed by atoms with Gasteiger partial charge < -0.3 is 15.0 Å². The fourth-order valence-corrected chi connectivity index (χ4v) is 3.93. The molecule has 5 rings (SSSR count). The molecule has 4 aromatic rings. The van der Waals surface area contributed by atoms with Crippen LogP contribution < -0.4 is 10.1 Å². The van der Waals surface area contributed by atoms with Crippen LogP contribution in [0.15, 0.2) is 61.1 Å². The maximum atomic E-state index is 6.28. The molecule has 1 aromatic carbocycles. The molecular formula is C22H19ClN4O. The first kappa shape index (κ1) is 17.2. The molecule has 3 aromatic heterocycles. The highest BCUT2D eigenvalue weighted by atomic mass is 35.5. The van der Waals surface area contributed by atoms with E-state index in [1.54, 1.807) is 12.4 Å². The van der Waals surface area contributed by atoms with E-state index in [4.69, 9.17) is 16.3 Å². The van der Waals surface area contributed by atoms with Crippen LogP contribution in [0.1, 0.15) is 6.42 Å². The highest BCUT2D eigenvalue weighted by Crippen LogP contribution is 2.41. The molecule has 1 aliphatic heterocycles. The Morgan fingerprint density at radius 2 is 2.07 bits per heavy atom. The molecule has 1 atom stereocenters. The zero-order valence-corrected chi connectivity index (χ0v) is 15.9. The summed E-state index contributed by atoms with van der Waals surface area (Å²) in [7, 11) is 0. The van der Waals surface area contributed by atoms with Gasteiger partial charge in [0.15, 0.2) is 0 Å². The van der Waals surface area contributed by atoms with E-state index in [0.717, 1.165) is 58.7 Å². The van der Waals surface area contributed by atoms with Gasteiger partial charge >= 0.3 is 0 Å². The molecule has 28 heavy (non-hydrogen) atoms. The van der Waals surface area contributed by atoms with E-state index < -0.39 is 0 Å². The summed E-state index contributed by atoms with van der Waals surface area (Å²) in [5.74, 6) is 0.769. The molecular weight excluding hydrogens is 372 g/mol. The largest absolute Gasteiger partial charge is 0.487 e. The fraction of sp³-hybridized carbons (Fsp3) is 0.182. The third-order valence-electron chi connectivity index (χ3n) is 5.03. The Bertz CT molecular complexity index is 1130. The second-order valence-corrected chi connectivity index (χ2v) is 7.33. The smallest absolute Gasteiger partial charge is 0.147 e. The minimum Gasteiger partial charge on any atom is -0.487 e. The summed E-state index contributed by atoms with van der Waals surface area (Å²) in [6, 6.07) is 13.8. The van der Waals surface area contributed by atoms with Gasteiger partial charge in [-0.15, -0.1) is 0 Å². The molecule has 0 radical (unpaired) electrons. The average Bonchev–Trinajstić information content (AvgIpc) is 3.36. The number of ether oxygens (including phenoxy) is 1. The number of pyridine rings is 2. The van der Waals surface area contributed by atoms with Crippen LogP contribution in [0.25, 0.3) is 33.4 Å². The van der Waals surface area contributed by atoms with Crippen LogP contribution >= 0.6 is 11.6 Å². The number of benzene rings is 1. The summed E-state index contributed by atoms with van der Waals surface area (Å²) in [4.78, 5) is 12.4. The number of aromatic amines is 1. The van der Waals surface area contributed by atoms with Crippen molar-refractivity contribution in [2.45, 2.75) is 12.5 Å². The van der Waals surface area contributed by atoms with E-state index in [0.29, 0.717) is 5.02 Å². The first-order valence-electron chi connectivity index (χ1n) is 9.34. The van der Waals surface area contributed by atoms with Crippen LogP contribution in [0.5, 0.6) is 5.75 Å². The second kappa shape index (κ2) is 7.26. The number of aromatic nitrogens is 3. The van der Waals surface area contributed by atoms with Crippen molar-refractivity contribution in [3.8, 4) is 28.1 Å². The number of fused-ring (bicyclic) bond motifs is 1. The normalized spacial score (nSPS) is 16.5. The zero-order chi connectivity index (χ0) is 18.9. The standard InChI is InChI=1S/C22H19ClN4O/c23-15-4-1-3-14(11-15)20-21(27-18-5-2-8-26-22(18)20)17-7-10-25-13-19(17)28-16-6-9-24-12-16/h1-5,7-8,10-11,13,16,24,27H,6,9,12H2/t16-/m1/s1. The molecule has 0 saturated carbocycles. The van der Waals surface area contributed by atoms with Gasteiger partial charge in [-0.05, 0) is 48.9 Å². The molecule has 0 aliphatic carbocycles. The molecule has 0 unspecified atom stereocenters. The lowest BCUT2D eigenvalue weighted by Crippen LogP contribution is -2.20. The molecule has 140 valence electrons. The topological polar surface area (TPSA) is 62.8 Å². The number of rotatable bonds is 4.